The Morgan fingerprint density at radius 2 is 2.10 bits per heavy atom. The highest BCUT2D eigenvalue weighted by Gasteiger charge is 2.22. The van der Waals surface area contributed by atoms with Gasteiger partial charge in [0.25, 0.3) is 5.91 Å². The van der Waals surface area contributed by atoms with Crippen molar-refractivity contribution in [2.75, 3.05) is 0 Å². The molecule has 3 nitrogen and oxygen atoms in total. The van der Waals surface area contributed by atoms with Crippen LogP contribution >= 0.6 is 15.9 Å². The number of amides is 1. The Hall–Kier alpha value is -1.75. The van der Waals surface area contributed by atoms with Crippen LogP contribution in [0, 0.1) is 5.82 Å². The van der Waals surface area contributed by atoms with Crippen molar-refractivity contribution < 1.29 is 9.18 Å². The molecule has 0 saturated heterocycles. The molecule has 21 heavy (non-hydrogen) atoms. The lowest BCUT2D eigenvalue weighted by molar-refractivity contribution is 0.0683. The second kappa shape index (κ2) is 6.80. The highest BCUT2D eigenvalue weighted by molar-refractivity contribution is 9.10. The molecule has 1 aromatic carbocycles. The van der Waals surface area contributed by atoms with Crippen LogP contribution in [0.1, 0.15) is 29.9 Å². The van der Waals surface area contributed by atoms with Gasteiger partial charge in [-0.2, -0.15) is 0 Å². The highest BCUT2D eigenvalue weighted by atomic mass is 79.9. The molecule has 1 amide bonds. The van der Waals surface area contributed by atoms with Crippen molar-refractivity contribution in [2.24, 2.45) is 0 Å². The van der Waals surface area contributed by atoms with Gasteiger partial charge in [-0.1, -0.05) is 22.0 Å². The van der Waals surface area contributed by atoms with Crippen LogP contribution in [0.4, 0.5) is 4.39 Å². The minimum atomic E-state index is -0.519. The largest absolute Gasteiger partial charge is 0.330 e. The summed E-state index contributed by atoms with van der Waals surface area (Å²) in [6.07, 6.45) is 1.68. The van der Waals surface area contributed by atoms with Crippen molar-refractivity contribution in [3.63, 3.8) is 0 Å². The van der Waals surface area contributed by atoms with Crippen molar-refractivity contribution in [3.8, 4) is 0 Å². The van der Waals surface area contributed by atoms with Crippen molar-refractivity contribution in [1.82, 2.24) is 9.88 Å². The Labute approximate surface area is 131 Å². The van der Waals surface area contributed by atoms with Gasteiger partial charge in [0.1, 0.15) is 5.82 Å². The molecule has 5 heteroatoms. The van der Waals surface area contributed by atoms with E-state index >= 15 is 0 Å². The molecule has 0 bridgehead atoms. The van der Waals surface area contributed by atoms with Crippen LogP contribution in [-0.4, -0.2) is 21.8 Å². The van der Waals surface area contributed by atoms with E-state index in [1.165, 1.54) is 12.1 Å². The van der Waals surface area contributed by atoms with Gasteiger partial charge in [0.15, 0.2) is 0 Å². The van der Waals surface area contributed by atoms with Gasteiger partial charge < -0.3 is 4.90 Å². The number of hydrogen-bond acceptors (Lipinski definition) is 2. The third-order valence-corrected chi connectivity index (χ3v) is 3.59. The lowest BCUT2D eigenvalue weighted by atomic mass is 10.1. The Morgan fingerprint density at radius 3 is 2.71 bits per heavy atom. The molecule has 2 rings (SSSR count). The van der Waals surface area contributed by atoms with Crippen LogP contribution < -0.4 is 0 Å². The number of rotatable bonds is 4. The predicted molar refractivity (Wildman–Crippen MR) is 83.3 cm³/mol. The summed E-state index contributed by atoms with van der Waals surface area (Å²) in [6.45, 7) is 4.15. The molecule has 2 aromatic rings. The third kappa shape index (κ3) is 3.88. The van der Waals surface area contributed by atoms with E-state index in [0.717, 1.165) is 5.69 Å². The Bertz CT molecular complexity index is 631. The summed E-state index contributed by atoms with van der Waals surface area (Å²) < 4.78 is 14.6. The monoisotopic (exact) mass is 350 g/mol. The molecule has 0 aliphatic heterocycles. The molecule has 0 aliphatic carbocycles. The molecule has 110 valence electrons. The van der Waals surface area contributed by atoms with Crippen LogP contribution in [0.25, 0.3) is 0 Å². The molecular weight excluding hydrogens is 335 g/mol. The first-order valence-corrected chi connectivity index (χ1v) is 7.44. The van der Waals surface area contributed by atoms with Crippen LogP contribution in [-0.2, 0) is 6.54 Å². The van der Waals surface area contributed by atoms with Crippen LogP contribution in [0.15, 0.2) is 47.1 Å². The molecule has 0 spiro atoms. The van der Waals surface area contributed by atoms with E-state index in [1.54, 1.807) is 17.2 Å². The minimum Gasteiger partial charge on any atom is -0.330 e. The topological polar surface area (TPSA) is 33.2 Å². The van der Waals surface area contributed by atoms with E-state index in [2.05, 4.69) is 20.9 Å². The summed E-state index contributed by atoms with van der Waals surface area (Å²) in [6, 6.07) is 9.84. The second-order valence-electron chi connectivity index (χ2n) is 4.97. The lowest BCUT2D eigenvalue weighted by Gasteiger charge is -2.26. The summed E-state index contributed by atoms with van der Waals surface area (Å²) in [5.74, 6) is -0.857. The fourth-order valence-electron chi connectivity index (χ4n) is 1.97. The van der Waals surface area contributed by atoms with E-state index in [-0.39, 0.29) is 17.5 Å². The minimum absolute atomic E-state index is 0.0575. The average molecular weight is 351 g/mol. The molecule has 0 aliphatic rings. The smallest absolute Gasteiger partial charge is 0.257 e. The van der Waals surface area contributed by atoms with Gasteiger partial charge in [-0.3, -0.25) is 9.78 Å². The van der Waals surface area contributed by atoms with E-state index in [4.69, 9.17) is 0 Å². The molecule has 0 unspecified atom stereocenters. The number of carbonyl (C=O) groups is 1. The van der Waals surface area contributed by atoms with Crippen molar-refractivity contribution >= 4 is 21.8 Å². The van der Waals surface area contributed by atoms with Gasteiger partial charge in [0.05, 0.1) is 17.8 Å². The maximum atomic E-state index is 13.9. The molecule has 0 N–H and O–H groups in total. The van der Waals surface area contributed by atoms with Crippen molar-refractivity contribution in [2.45, 2.75) is 26.4 Å². The van der Waals surface area contributed by atoms with Gasteiger partial charge in [-0.25, -0.2) is 4.39 Å². The third-order valence-electron chi connectivity index (χ3n) is 3.10. The summed E-state index contributed by atoms with van der Waals surface area (Å²) in [7, 11) is 0. The number of carbonyl (C=O) groups excluding carboxylic acids is 1. The van der Waals surface area contributed by atoms with E-state index in [9.17, 15) is 9.18 Å². The number of nitrogens with zero attached hydrogens (tertiary/aromatic N) is 2. The first kappa shape index (κ1) is 15.6. The zero-order valence-electron chi connectivity index (χ0n) is 11.9. The molecule has 1 heterocycles. The summed E-state index contributed by atoms with van der Waals surface area (Å²) >= 11 is 3.27. The number of aromatic nitrogens is 1. The van der Waals surface area contributed by atoms with Crippen LogP contribution in [0.5, 0.6) is 0 Å². The summed E-state index contributed by atoms with van der Waals surface area (Å²) in [5, 5.41) is 0. The number of hydrogen-bond donors (Lipinski definition) is 0. The lowest BCUT2D eigenvalue weighted by Crippen LogP contribution is -2.37. The molecular formula is C16H16BrFN2O. The van der Waals surface area contributed by atoms with Crippen LogP contribution in [0.2, 0.25) is 0 Å². The van der Waals surface area contributed by atoms with Crippen molar-refractivity contribution in [1.29, 1.82) is 0 Å². The fourth-order valence-corrected chi connectivity index (χ4v) is 2.33. The fraction of sp³-hybridized carbons (Fsp3) is 0.250. The molecule has 0 atom stereocenters. The Kier molecular flexibility index (Phi) is 5.07. The SMILES string of the molecule is CC(C)N(Cc1ccccn1)C(=O)c1cc(Br)ccc1F. The van der Waals surface area contributed by atoms with E-state index < -0.39 is 5.82 Å². The Balaban J connectivity index is 2.30. The van der Waals surface area contributed by atoms with Gasteiger partial charge in [-0.15, -0.1) is 0 Å². The Morgan fingerprint density at radius 1 is 1.33 bits per heavy atom. The zero-order chi connectivity index (χ0) is 15.4. The number of pyridine rings is 1. The van der Waals surface area contributed by atoms with Crippen LogP contribution in [0.3, 0.4) is 0 Å². The predicted octanol–water partition coefficient (Wildman–Crippen LogP) is 4.03. The second-order valence-corrected chi connectivity index (χ2v) is 5.89. The molecule has 0 radical (unpaired) electrons. The molecule has 1 aromatic heterocycles. The maximum Gasteiger partial charge on any atom is 0.257 e. The number of benzene rings is 1. The quantitative estimate of drug-likeness (QED) is 0.833. The number of halogens is 2. The first-order chi connectivity index (χ1) is 9.99. The van der Waals surface area contributed by atoms with Gasteiger partial charge >= 0.3 is 0 Å². The zero-order valence-corrected chi connectivity index (χ0v) is 13.5. The first-order valence-electron chi connectivity index (χ1n) is 6.65. The normalized spacial score (nSPS) is 10.7. The van der Waals surface area contributed by atoms with Crippen molar-refractivity contribution in [3.05, 3.63) is 64.1 Å². The summed E-state index contributed by atoms with van der Waals surface area (Å²) in [5.41, 5.74) is 0.837. The summed E-state index contributed by atoms with van der Waals surface area (Å²) in [4.78, 5) is 18.4. The molecule has 0 saturated carbocycles. The highest BCUT2D eigenvalue weighted by Crippen LogP contribution is 2.19. The van der Waals surface area contributed by atoms with E-state index in [1.807, 2.05) is 32.0 Å². The maximum absolute atomic E-state index is 13.9. The standard InChI is InChI=1S/C16H16BrFN2O/c1-11(2)20(10-13-5-3-4-8-19-13)16(21)14-9-12(17)6-7-15(14)18/h3-9,11H,10H2,1-2H3. The van der Waals surface area contributed by atoms with Gasteiger partial charge in [-0.05, 0) is 44.2 Å². The van der Waals surface area contributed by atoms with E-state index in [0.29, 0.717) is 11.0 Å². The average Bonchev–Trinajstić information content (AvgIpc) is 2.47. The molecule has 0 fully saturated rings. The van der Waals surface area contributed by atoms with Gasteiger partial charge in [0, 0.05) is 16.7 Å². The van der Waals surface area contributed by atoms with Gasteiger partial charge in [0.2, 0.25) is 0 Å².